The van der Waals surface area contributed by atoms with Crippen molar-refractivity contribution in [2.45, 2.75) is 20.8 Å². The predicted molar refractivity (Wildman–Crippen MR) is 113 cm³/mol. The van der Waals surface area contributed by atoms with Crippen molar-refractivity contribution in [3.05, 3.63) is 75.4 Å². The average Bonchev–Trinajstić information content (AvgIpc) is 2.95. The summed E-state index contributed by atoms with van der Waals surface area (Å²) in [6.07, 6.45) is 1.76. The molecule has 2 aromatic carbocycles. The van der Waals surface area contributed by atoms with E-state index < -0.39 is 5.97 Å². The first-order chi connectivity index (χ1) is 13.4. The molecule has 0 atom stereocenters. The highest BCUT2D eigenvalue weighted by molar-refractivity contribution is 8.18. The monoisotopic (exact) mass is 395 g/mol. The summed E-state index contributed by atoms with van der Waals surface area (Å²) >= 11 is 1.21. The van der Waals surface area contributed by atoms with Gasteiger partial charge in [-0.1, -0.05) is 36.0 Å². The first-order valence-electron chi connectivity index (χ1n) is 8.85. The Labute approximate surface area is 168 Å². The second-order valence-corrected chi connectivity index (χ2v) is 7.33. The Morgan fingerprint density at radius 1 is 1.14 bits per heavy atom. The molecule has 0 unspecified atom stereocenters. The van der Waals surface area contributed by atoms with Gasteiger partial charge >= 0.3 is 5.97 Å². The molecule has 0 fully saturated rings. The molecule has 144 valence electrons. The number of hydrogen-bond donors (Lipinski definition) is 2. The molecule has 5 nitrogen and oxygen atoms in total. The molecule has 1 heterocycles. The number of rotatable bonds is 4. The maximum Gasteiger partial charge on any atom is 0.344 e. The molecule has 28 heavy (non-hydrogen) atoms. The van der Waals surface area contributed by atoms with Gasteiger partial charge in [0.2, 0.25) is 0 Å². The molecular weight excluding hydrogens is 374 g/mol. The third kappa shape index (κ3) is 4.12. The van der Waals surface area contributed by atoms with Crippen LogP contribution in [0.15, 0.2) is 63.7 Å². The number of hydrogen-bond acceptors (Lipinski definition) is 6. The van der Waals surface area contributed by atoms with E-state index >= 15 is 0 Å². The molecule has 3 rings (SSSR count). The number of thioether (sulfide) groups is 1. The molecule has 1 aliphatic rings. The number of aliphatic hydroxyl groups excluding tert-OH is 1. The van der Waals surface area contributed by atoms with Crippen molar-refractivity contribution < 1.29 is 19.7 Å². The highest BCUT2D eigenvalue weighted by Gasteiger charge is 2.33. The average molecular weight is 395 g/mol. The van der Waals surface area contributed by atoms with Crippen LogP contribution in [0.1, 0.15) is 23.6 Å². The number of carbonyl (C=O) groups is 1. The van der Waals surface area contributed by atoms with Crippen LogP contribution in [0.5, 0.6) is 5.75 Å². The third-order valence-corrected chi connectivity index (χ3v) is 5.25. The maximum absolute atomic E-state index is 12.4. The summed E-state index contributed by atoms with van der Waals surface area (Å²) in [5.41, 5.74) is 3.27. The number of aryl methyl sites for hydroxylation is 2. The normalized spacial score (nSPS) is 16.8. The minimum absolute atomic E-state index is 0.0665. The van der Waals surface area contributed by atoms with Crippen molar-refractivity contribution in [3.63, 3.8) is 0 Å². The van der Waals surface area contributed by atoms with Gasteiger partial charge in [0.05, 0.1) is 17.2 Å². The standard InChI is InChI=1S/C22H21NO4S/c1-4-27-22(26)19-20(25)18(12-15-9-10-17(24)14(3)11-15)28-21(19)23-16-8-6-5-7-13(16)2/h5-12,24-25H,4H2,1-3H3/b18-12+,23-21?. The van der Waals surface area contributed by atoms with Gasteiger partial charge < -0.3 is 14.9 Å². The smallest absolute Gasteiger partial charge is 0.344 e. The lowest BCUT2D eigenvalue weighted by molar-refractivity contribution is -0.138. The molecule has 6 heteroatoms. The molecule has 0 spiro atoms. The molecule has 0 radical (unpaired) electrons. The van der Waals surface area contributed by atoms with Gasteiger partial charge in [-0.05, 0) is 61.7 Å². The summed E-state index contributed by atoms with van der Waals surface area (Å²) in [4.78, 5) is 17.5. The number of aliphatic hydroxyl groups is 1. The zero-order valence-electron chi connectivity index (χ0n) is 15.9. The lowest BCUT2D eigenvalue weighted by atomic mass is 10.1. The molecule has 0 saturated heterocycles. The number of aliphatic imine (C=N–C) groups is 1. The summed E-state index contributed by atoms with van der Waals surface area (Å²) < 4.78 is 5.12. The molecule has 0 saturated carbocycles. The minimum Gasteiger partial charge on any atom is -0.508 e. The highest BCUT2D eigenvalue weighted by Crippen LogP contribution is 2.40. The number of esters is 1. The number of carbonyl (C=O) groups excluding carboxylic acids is 1. The summed E-state index contributed by atoms with van der Waals surface area (Å²) in [6.45, 7) is 5.65. The van der Waals surface area contributed by atoms with E-state index in [1.165, 1.54) is 11.8 Å². The van der Waals surface area contributed by atoms with Crippen molar-refractivity contribution >= 4 is 34.5 Å². The number of phenolic OH excluding ortho intramolecular Hbond substituents is 1. The number of benzene rings is 2. The van der Waals surface area contributed by atoms with E-state index in [2.05, 4.69) is 4.99 Å². The third-order valence-electron chi connectivity index (χ3n) is 4.23. The quantitative estimate of drug-likeness (QED) is 0.696. The second kappa shape index (κ2) is 8.35. The molecule has 0 aliphatic carbocycles. The van der Waals surface area contributed by atoms with E-state index in [4.69, 9.17) is 4.74 Å². The van der Waals surface area contributed by atoms with Gasteiger partial charge in [-0.25, -0.2) is 9.79 Å². The molecule has 0 amide bonds. The van der Waals surface area contributed by atoms with Gasteiger partial charge in [-0.2, -0.15) is 0 Å². The Morgan fingerprint density at radius 3 is 2.57 bits per heavy atom. The van der Waals surface area contributed by atoms with Gasteiger partial charge in [0.25, 0.3) is 0 Å². The molecule has 1 aliphatic heterocycles. The van der Waals surface area contributed by atoms with E-state index in [9.17, 15) is 15.0 Å². The van der Waals surface area contributed by atoms with Crippen LogP contribution in [0.25, 0.3) is 6.08 Å². The summed E-state index contributed by atoms with van der Waals surface area (Å²) in [5, 5.41) is 20.8. The van der Waals surface area contributed by atoms with Gasteiger partial charge in [0.1, 0.15) is 22.1 Å². The Balaban J connectivity index is 2.07. The number of phenols is 1. The van der Waals surface area contributed by atoms with Crippen molar-refractivity contribution in [2.75, 3.05) is 6.61 Å². The highest BCUT2D eigenvalue weighted by atomic mass is 32.2. The van der Waals surface area contributed by atoms with Gasteiger partial charge in [0.15, 0.2) is 0 Å². The largest absolute Gasteiger partial charge is 0.508 e. The van der Waals surface area contributed by atoms with Crippen molar-refractivity contribution in [2.24, 2.45) is 4.99 Å². The van der Waals surface area contributed by atoms with Crippen LogP contribution >= 0.6 is 11.8 Å². The molecular formula is C22H21NO4S. The van der Waals surface area contributed by atoms with Crippen molar-refractivity contribution in [1.29, 1.82) is 0 Å². The fraction of sp³-hybridized carbons (Fsp3) is 0.182. The van der Waals surface area contributed by atoms with E-state index in [0.29, 0.717) is 9.95 Å². The van der Waals surface area contributed by atoms with Crippen LogP contribution < -0.4 is 0 Å². The number of ether oxygens (including phenoxy) is 1. The molecule has 2 aromatic rings. The Hall–Kier alpha value is -2.99. The van der Waals surface area contributed by atoms with Crippen LogP contribution in [0, 0.1) is 13.8 Å². The van der Waals surface area contributed by atoms with Crippen LogP contribution in [-0.4, -0.2) is 27.8 Å². The first-order valence-corrected chi connectivity index (χ1v) is 9.67. The summed E-state index contributed by atoms with van der Waals surface area (Å²) in [7, 11) is 0. The zero-order valence-corrected chi connectivity index (χ0v) is 16.7. The fourth-order valence-electron chi connectivity index (χ4n) is 2.71. The van der Waals surface area contributed by atoms with Gasteiger partial charge in [-0.3, -0.25) is 0 Å². The number of para-hydroxylation sites is 1. The fourth-order valence-corrected chi connectivity index (χ4v) is 3.74. The van der Waals surface area contributed by atoms with Crippen LogP contribution in [-0.2, 0) is 9.53 Å². The number of aromatic hydroxyl groups is 1. The van der Waals surface area contributed by atoms with Crippen LogP contribution in [0.3, 0.4) is 0 Å². The topological polar surface area (TPSA) is 79.1 Å². The van der Waals surface area contributed by atoms with Crippen LogP contribution in [0.2, 0.25) is 0 Å². The van der Waals surface area contributed by atoms with E-state index in [-0.39, 0.29) is 23.7 Å². The lowest BCUT2D eigenvalue weighted by Crippen LogP contribution is -2.12. The van der Waals surface area contributed by atoms with Crippen molar-refractivity contribution in [3.8, 4) is 5.75 Å². The Kier molecular flexibility index (Phi) is 5.90. The Morgan fingerprint density at radius 2 is 1.89 bits per heavy atom. The maximum atomic E-state index is 12.4. The summed E-state index contributed by atoms with van der Waals surface area (Å²) in [5.74, 6) is -0.554. The van der Waals surface area contributed by atoms with E-state index in [0.717, 1.165) is 22.4 Å². The molecule has 2 N–H and O–H groups in total. The minimum atomic E-state index is -0.606. The number of nitrogens with zero attached hydrogens (tertiary/aromatic N) is 1. The van der Waals surface area contributed by atoms with E-state index in [1.807, 2.05) is 31.2 Å². The SMILES string of the molecule is CCOC(=O)C1=C(O)/C(=C\c2ccc(O)c(C)c2)SC1=Nc1ccccc1C. The molecule has 0 bridgehead atoms. The zero-order chi connectivity index (χ0) is 20.3. The molecule has 0 aromatic heterocycles. The summed E-state index contributed by atoms with van der Waals surface area (Å²) in [6, 6.07) is 12.7. The Bertz CT molecular complexity index is 1020. The second-order valence-electron chi connectivity index (χ2n) is 6.30. The van der Waals surface area contributed by atoms with Gasteiger partial charge in [0, 0.05) is 0 Å². The van der Waals surface area contributed by atoms with E-state index in [1.54, 1.807) is 38.1 Å². The van der Waals surface area contributed by atoms with Crippen LogP contribution in [0.4, 0.5) is 5.69 Å². The first kappa shape index (κ1) is 19.8. The predicted octanol–water partition coefficient (Wildman–Crippen LogP) is 5.20. The lowest BCUT2D eigenvalue weighted by Gasteiger charge is -2.05. The van der Waals surface area contributed by atoms with Gasteiger partial charge in [-0.15, -0.1) is 0 Å². The van der Waals surface area contributed by atoms with Crippen molar-refractivity contribution in [1.82, 2.24) is 0 Å².